The fraction of sp³-hybridized carbons (Fsp3) is 1.00. The molecule has 0 aromatic rings. The first-order valence-electron chi connectivity index (χ1n) is 3.95. The van der Waals surface area contributed by atoms with Gasteiger partial charge >= 0.3 is 0 Å². The maximum atomic E-state index is 9.63. The molecule has 0 aromatic carbocycles. The van der Waals surface area contributed by atoms with Crippen LogP contribution in [0.2, 0.25) is 0 Å². The molecule has 0 aromatic heterocycles. The monoisotopic (exact) mass is 143 g/mol. The Bertz CT molecular complexity index is 122. The number of rotatable bonds is 1. The van der Waals surface area contributed by atoms with Gasteiger partial charge in [0.05, 0.1) is 5.60 Å². The summed E-state index contributed by atoms with van der Waals surface area (Å²) in [6, 6.07) is 0.509. The molecule has 1 aliphatic rings. The molecule has 0 radical (unpaired) electrons. The molecule has 1 fully saturated rings. The van der Waals surface area contributed by atoms with Crippen LogP contribution in [0.4, 0.5) is 0 Å². The van der Waals surface area contributed by atoms with E-state index in [1.165, 1.54) is 0 Å². The first-order valence-corrected chi connectivity index (χ1v) is 3.95. The summed E-state index contributed by atoms with van der Waals surface area (Å²) in [5, 5.41) is 12.8. The molecular formula is C8H17NO. The fourth-order valence-corrected chi connectivity index (χ4v) is 1.98. The van der Waals surface area contributed by atoms with Gasteiger partial charge in [-0.25, -0.2) is 0 Å². The summed E-state index contributed by atoms with van der Waals surface area (Å²) in [4.78, 5) is 0. The molecule has 3 atom stereocenters. The zero-order chi connectivity index (χ0) is 7.78. The molecule has 2 nitrogen and oxygen atoms in total. The van der Waals surface area contributed by atoms with Gasteiger partial charge in [-0.3, -0.25) is 0 Å². The van der Waals surface area contributed by atoms with Crippen LogP contribution in [0.1, 0.15) is 26.7 Å². The van der Waals surface area contributed by atoms with E-state index in [0.717, 1.165) is 12.8 Å². The maximum Gasteiger partial charge on any atom is 0.0637 e. The SMILES string of the molecule is CNC1CC(C)(O)CC1C. The van der Waals surface area contributed by atoms with Gasteiger partial charge in [0.2, 0.25) is 0 Å². The molecule has 0 spiro atoms. The first-order chi connectivity index (χ1) is 4.55. The lowest BCUT2D eigenvalue weighted by molar-refractivity contribution is 0.0629. The molecule has 60 valence electrons. The van der Waals surface area contributed by atoms with Crippen molar-refractivity contribution >= 4 is 0 Å². The highest BCUT2D eigenvalue weighted by Crippen LogP contribution is 2.33. The van der Waals surface area contributed by atoms with Crippen LogP contribution < -0.4 is 5.32 Å². The van der Waals surface area contributed by atoms with E-state index < -0.39 is 5.60 Å². The second-order valence-electron chi connectivity index (χ2n) is 3.78. The molecule has 0 amide bonds. The highest BCUT2D eigenvalue weighted by Gasteiger charge is 2.37. The molecule has 0 saturated heterocycles. The average molecular weight is 143 g/mol. The minimum Gasteiger partial charge on any atom is -0.390 e. The average Bonchev–Trinajstić information content (AvgIpc) is 2.05. The van der Waals surface area contributed by atoms with E-state index in [-0.39, 0.29) is 0 Å². The summed E-state index contributed by atoms with van der Waals surface area (Å²) in [7, 11) is 1.96. The van der Waals surface area contributed by atoms with Crippen molar-refractivity contribution in [1.82, 2.24) is 5.32 Å². The molecule has 3 unspecified atom stereocenters. The Balaban J connectivity index is 2.52. The van der Waals surface area contributed by atoms with Gasteiger partial charge in [0, 0.05) is 6.04 Å². The Morgan fingerprint density at radius 3 is 2.30 bits per heavy atom. The van der Waals surface area contributed by atoms with Crippen molar-refractivity contribution < 1.29 is 5.11 Å². The predicted octanol–water partition coefficient (Wildman–Crippen LogP) is 0.755. The predicted molar refractivity (Wildman–Crippen MR) is 41.9 cm³/mol. The minimum atomic E-state index is -0.424. The van der Waals surface area contributed by atoms with Crippen molar-refractivity contribution in [2.45, 2.75) is 38.3 Å². The normalized spacial score (nSPS) is 48.0. The van der Waals surface area contributed by atoms with Crippen molar-refractivity contribution in [2.75, 3.05) is 7.05 Å². The smallest absolute Gasteiger partial charge is 0.0637 e. The molecule has 0 heterocycles. The third-order valence-corrected chi connectivity index (χ3v) is 2.48. The van der Waals surface area contributed by atoms with Gasteiger partial charge in [-0.2, -0.15) is 0 Å². The third kappa shape index (κ3) is 1.50. The van der Waals surface area contributed by atoms with Crippen LogP contribution in [0.25, 0.3) is 0 Å². The van der Waals surface area contributed by atoms with Gasteiger partial charge in [0.15, 0.2) is 0 Å². The van der Waals surface area contributed by atoms with Crippen LogP contribution in [-0.2, 0) is 0 Å². The first kappa shape index (κ1) is 8.02. The Morgan fingerprint density at radius 2 is 2.10 bits per heavy atom. The molecule has 10 heavy (non-hydrogen) atoms. The topological polar surface area (TPSA) is 32.3 Å². The van der Waals surface area contributed by atoms with Crippen molar-refractivity contribution in [3.63, 3.8) is 0 Å². The highest BCUT2D eigenvalue weighted by molar-refractivity contribution is 4.92. The number of aliphatic hydroxyl groups is 1. The third-order valence-electron chi connectivity index (χ3n) is 2.48. The van der Waals surface area contributed by atoms with Gasteiger partial charge in [-0.1, -0.05) is 6.92 Å². The Morgan fingerprint density at radius 1 is 1.50 bits per heavy atom. The molecular weight excluding hydrogens is 126 g/mol. The highest BCUT2D eigenvalue weighted by atomic mass is 16.3. The fourth-order valence-electron chi connectivity index (χ4n) is 1.98. The lowest BCUT2D eigenvalue weighted by atomic mass is 10.0. The van der Waals surface area contributed by atoms with E-state index in [2.05, 4.69) is 12.2 Å². The van der Waals surface area contributed by atoms with E-state index in [1.807, 2.05) is 14.0 Å². The van der Waals surface area contributed by atoms with Crippen LogP contribution in [0.5, 0.6) is 0 Å². The van der Waals surface area contributed by atoms with Crippen LogP contribution in [0, 0.1) is 5.92 Å². The quantitative estimate of drug-likeness (QED) is 0.568. The molecule has 1 saturated carbocycles. The van der Waals surface area contributed by atoms with Crippen molar-refractivity contribution in [1.29, 1.82) is 0 Å². The van der Waals surface area contributed by atoms with Gasteiger partial charge in [0.1, 0.15) is 0 Å². The summed E-state index contributed by atoms with van der Waals surface area (Å²) in [5.41, 5.74) is -0.424. The van der Waals surface area contributed by atoms with Crippen LogP contribution in [-0.4, -0.2) is 23.8 Å². The summed E-state index contributed by atoms with van der Waals surface area (Å²) in [5.74, 6) is 0.611. The summed E-state index contributed by atoms with van der Waals surface area (Å²) < 4.78 is 0. The van der Waals surface area contributed by atoms with E-state index in [1.54, 1.807) is 0 Å². The van der Waals surface area contributed by atoms with Crippen molar-refractivity contribution in [2.24, 2.45) is 5.92 Å². The molecule has 1 rings (SSSR count). The Kier molecular flexibility index (Phi) is 2.02. The Labute approximate surface area is 62.6 Å². The van der Waals surface area contributed by atoms with Gasteiger partial charge in [0.25, 0.3) is 0 Å². The summed E-state index contributed by atoms with van der Waals surface area (Å²) >= 11 is 0. The van der Waals surface area contributed by atoms with E-state index in [0.29, 0.717) is 12.0 Å². The molecule has 1 aliphatic carbocycles. The molecule has 2 N–H and O–H groups in total. The van der Waals surface area contributed by atoms with E-state index in [4.69, 9.17) is 0 Å². The van der Waals surface area contributed by atoms with E-state index >= 15 is 0 Å². The minimum absolute atomic E-state index is 0.424. The second kappa shape index (κ2) is 2.51. The molecule has 0 bridgehead atoms. The lowest BCUT2D eigenvalue weighted by Gasteiger charge is -2.15. The zero-order valence-corrected chi connectivity index (χ0v) is 7.02. The standard InChI is InChI=1S/C8H17NO/c1-6-4-8(2,10)5-7(6)9-3/h6-7,9-10H,4-5H2,1-3H3. The molecule has 0 aliphatic heterocycles. The van der Waals surface area contributed by atoms with Gasteiger partial charge in [-0.15, -0.1) is 0 Å². The van der Waals surface area contributed by atoms with Crippen molar-refractivity contribution in [3.8, 4) is 0 Å². The van der Waals surface area contributed by atoms with Gasteiger partial charge < -0.3 is 10.4 Å². The van der Waals surface area contributed by atoms with Crippen LogP contribution in [0.15, 0.2) is 0 Å². The summed E-state index contributed by atoms with van der Waals surface area (Å²) in [6.07, 6.45) is 1.82. The number of nitrogens with one attached hydrogen (secondary N) is 1. The maximum absolute atomic E-state index is 9.63. The van der Waals surface area contributed by atoms with Crippen molar-refractivity contribution in [3.05, 3.63) is 0 Å². The molecule has 2 heteroatoms. The largest absolute Gasteiger partial charge is 0.390 e. The summed E-state index contributed by atoms with van der Waals surface area (Å²) in [6.45, 7) is 4.10. The van der Waals surface area contributed by atoms with Crippen LogP contribution in [0.3, 0.4) is 0 Å². The van der Waals surface area contributed by atoms with E-state index in [9.17, 15) is 5.11 Å². The van der Waals surface area contributed by atoms with Crippen LogP contribution >= 0.6 is 0 Å². The second-order valence-corrected chi connectivity index (χ2v) is 3.78. The lowest BCUT2D eigenvalue weighted by Crippen LogP contribution is -2.28. The number of hydrogen-bond donors (Lipinski definition) is 2. The zero-order valence-electron chi connectivity index (χ0n) is 7.02. The Hall–Kier alpha value is -0.0800. The van der Waals surface area contributed by atoms with Gasteiger partial charge in [-0.05, 0) is 32.7 Å². The number of hydrogen-bond acceptors (Lipinski definition) is 2.